The van der Waals surface area contributed by atoms with Crippen LogP contribution < -0.4 is 29.7 Å². The molecule has 0 unspecified atom stereocenters. The minimum absolute atomic E-state index is 0.247. The Morgan fingerprint density at radius 2 is 1.82 bits per heavy atom. The van der Waals surface area contributed by atoms with Crippen molar-refractivity contribution in [3.63, 3.8) is 0 Å². The van der Waals surface area contributed by atoms with Gasteiger partial charge in [0.15, 0.2) is 4.80 Å². The molecule has 1 aliphatic heterocycles. The first-order chi connectivity index (χ1) is 21.8. The van der Waals surface area contributed by atoms with Crippen molar-refractivity contribution in [2.24, 2.45) is 4.99 Å². The summed E-state index contributed by atoms with van der Waals surface area (Å²) >= 11 is 10.9. The van der Waals surface area contributed by atoms with Gasteiger partial charge in [0.05, 0.1) is 33.4 Å². The summed E-state index contributed by atoms with van der Waals surface area (Å²) in [5.74, 6) is 0.962. The number of ether oxygens (including phenoxy) is 2. The zero-order chi connectivity index (χ0) is 31.5. The quantitative estimate of drug-likeness (QED) is 0.192. The van der Waals surface area contributed by atoms with Gasteiger partial charge in [-0.1, -0.05) is 71.5 Å². The average Bonchev–Trinajstić information content (AvgIpc) is 3.34. The van der Waals surface area contributed by atoms with E-state index in [-0.39, 0.29) is 11.5 Å². The van der Waals surface area contributed by atoms with Crippen LogP contribution in [-0.2, 0) is 11.4 Å². The Bertz CT molecular complexity index is 2110. The number of aromatic nitrogens is 1. The number of para-hydroxylation sites is 1. The second kappa shape index (κ2) is 13.3. The molecule has 4 aromatic carbocycles. The maximum atomic E-state index is 14.1. The highest BCUT2D eigenvalue weighted by molar-refractivity contribution is 9.10. The molecule has 226 valence electrons. The monoisotopic (exact) mass is 699 g/mol. The van der Waals surface area contributed by atoms with E-state index in [1.165, 1.54) is 11.3 Å². The van der Waals surface area contributed by atoms with Gasteiger partial charge in [0, 0.05) is 10.7 Å². The first kappa shape index (κ1) is 30.6. The van der Waals surface area contributed by atoms with Gasteiger partial charge in [-0.15, -0.1) is 0 Å². The Kier molecular flexibility index (Phi) is 9.02. The van der Waals surface area contributed by atoms with Crippen LogP contribution in [-0.4, -0.2) is 17.6 Å². The van der Waals surface area contributed by atoms with Crippen LogP contribution in [0.1, 0.15) is 29.7 Å². The predicted octanol–water partition coefficient (Wildman–Crippen LogP) is 6.88. The van der Waals surface area contributed by atoms with E-state index in [0.29, 0.717) is 49.4 Å². The number of halogens is 2. The number of carbonyl (C=O) groups is 1. The van der Waals surface area contributed by atoms with Gasteiger partial charge >= 0.3 is 0 Å². The highest BCUT2D eigenvalue weighted by atomic mass is 79.9. The fourth-order valence-corrected chi connectivity index (χ4v) is 6.76. The van der Waals surface area contributed by atoms with Crippen molar-refractivity contribution in [1.82, 2.24) is 4.57 Å². The Labute approximate surface area is 276 Å². The zero-order valence-electron chi connectivity index (χ0n) is 24.3. The van der Waals surface area contributed by atoms with E-state index in [0.717, 1.165) is 21.2 Å². The molecule has 0 fully saturated rings. The molecule has 1 atom stereocenters. The maximum absolute atomic E-state index is 14.1. The van der Waals surface area contributed by atoms with Crippen LogP contribution in [0.4, 0.5) is 5.69 Å². The van der Waals surface area contributed by atoms with Crippen LogP contribution in [0.2, 0.25) is 5.02 Å². The lowest BCUT2D eigenvalue weighted by Gasteiger charge is -2.25. The number of methoxy groups -OCH3 is 1. The lowest BCUT2D eigenvalue weighted by molar-refractivity contribution is -0.113. The third kappa shape index (κ3) is 6.66. The molecule has 1 amide bonds. The lowest BCUT2D eigenvalue weighted by Crippen LogP contribution is -2.40. The van der Waals surface area contributed by atoms with Crippen molar-refractivity contribution in [3.05, 3.63) is 154 Å². The number of nitrogens with one attached hydrogen (secondary N) is 1. The minimum atomic E-state index is -0.711. The number of carbonyl (C=O) groups excluding carboxylic acids is 1. The van der Waals surface area contributed by atoms with E-state index in [4.69, 9.17) is 26.1 Å². The van der Waals surface area contributed by atoms with Crippen LogP contribution in [0, 0.1) is 0 Å². The molecule has 1 aromatic heterocycles. The number of amides is 1. The van der Waals surface area contributed by atoms with Crippen molar-refractivity contribution in [3.8, 4) is 11.5 Å². The van der Waals surface area contributed by atoms with Crippen LogP contribution in [0.15, 0.2) is 123 Å². The fraction of sp³-hybridized carbons (Fsp3) is 0.114. The Morgan fingerprint density at radius 1 is 1.04 bits per heavy atom. The van der Waals surface area contributed by atoms with Gasteiger partial charge in [-0.25, -0.2) is 4.99 Å². The molecule has 0 bridgehead atoms. The summed E-state index contributed by atoms with van der Waals surface area (Å²) in [7, 11) is 1.58. The molecule has 10 heteroatoms. The molecule has 2 heterocycles. The van der Waals surface area contributed by atoms with Crippen molar-refractivity contribution in [1.29, 1.82) is 0 Å². The normalized spacial score (nSPS) is 14.5. The fourth-order valence-electron chi connectivity index (χ4n) is 5.08. The average molecular weight is 701 g/mol. The number of anilines is 1. The van der Waals surface area contributed by atoms with E-state index in [9.17, 15) is 9.59 Å². The van der Waals surface area contributed by atoms with Crippen molar-refractivity contribution < 1.29 is 14.3 Å². The summed E-state index contributed by atoms with van der Waals surface area (Å²) in [5, 5.41) is 3.64. The van der Waals surface area contributed by atoms with Crippen LogP contribution in [0.3, 0.4) is 0 Å². The number of fused-ring (bicyclic) bond motifs is 1. The zero-order valence-corrected chi connectivity index (χ0v) is 27.4. The van der Waals surface area contributed by atoms with Gasteiger partial charge in [0.25, 0.3) is 11.5 Å². The molecule has 0 saturated heterocycles. The second-order valence-corrected chi connectivity index (χ2v) is 12.6. The number of hydrogen-bond donors (Lipinski definition) is 1. The number of hydrogen-bond acceptors (Lipinski definition) is 6. The molecule has 1 aliphatic rings. The van der Waals surface area contributed by atoms with Gasteiger partial charge in [-0.3, -0.25) is 14.2 Å². The van der Waals surface area contributed by atoms with Crippen molar-refractivity contribution >= 4 is 56.5 Å². The van der Waals surface area contributed by atoms with Crippen LogP contribution in [0.5, 0.6) is 11.5 Å². The van der Waals surface area contributed by atoms with Gasteiger partial charge in [0.2, 0.25) is 0 Å². The number of nitrogens with zero attached hydrogens (tertiary/aromatic N) is 2. The number of rotatable bonds is 8. The Morgan fingerprint density at radius 3 is 2.56 bits per heavy atom. The molecule has 45 heavy (non-hydrogen) atoms. The minimum Gasteiger partial charge on any atom is -0.497 e. The first-order valence-electron chi connectivity index (χ1n) is 14.0. The smallest absolute Gasteiger partial charge is 0.271 e. The van der Waals surface area contributed by atoms with E-state index in [2.05, 4.69) is 21.2 Å². The van der Waals surface area contributed by atoms with E-state index >= 15 is 0 Å². The SMILES string of the molecule is COc1cccc([C@@H]2C(C(=O)Nc3ccccc3)=C(C)N=c3s/c(=C/c4ccc(OCc5ccc(Cl)cc5)c(Br)c4)c(=O)n32)c1. The molecule has 7 nitrogen and oxygen atoms in total. The molecular formula is C35H27BrClN3O4S. The van der Waals surface area contributed by atoms with Gasteiger partial charge < -0.3 is 14.8 Å². The Balaban J connectivity index is 1.37. The maximum Gasteiger partial charge on any atom is 0.271 e. The third-order valence-corrected chi connectivity index (χ3v) is 9.12. The van der Waals surface area contributed by atoms with Crippen LogP contribution in [0.25, 0.3) is 6.08 Å². The van der Waals surface area contributed by atoms with E-state index in [1.54, 1.807) is 18.6 Å². The first-order valence-corrected chi connectivity index (χ1v) is 16.0. The highest BCUT2D eigenvalue weighted by Gasteiger charge is 2.32. The molecule has 0 spiro atoms. The summed E-state index contributed by atoms with van der Waals surface area (Å²) in [6.07, 6.45) is 1.82. The van der Waals surface area contributed by atoms with E-state index in [1.807, 2.05) is 103 Å². The van der Waals surface area contributed by atoms with Crippen molar-refractivity contribution in [2.75, 3.05) is 12.4 Å². The molecule has 5 aromatic rings. The molecule has 0 aliphatic carbocycles. The molecule has 6 rings (SSSR count). The van der Waals surface area contributed by atoms with Gasteiger partial charge in [-0.05, 0) is 94.2 Å². The summed E-state index contributed by atoms with van der Waals surface area (Å²) in [6, 6.07) is 29.0. The second-order valence-electron chi connectivity index (χ2n) is 10.3. The standard InChI is InChI=1S/C35H27BrClN3O4S/c1-21-31(33(41)39-26-8-4-3-5-9-26)32(24-7-6-10-27(19-24)43-2)40-34(42)30(45-35(40)38-21)18-23-13-16-29(28(36)17-23)44-20-22-11-14-25(37)15-12-22/h3-19,32H,20H2,1-2H3,(H,39,41)/b30-18+/t32-/m1/s1. The number of thiazole rings is 1. The summed E-state index contributed by atoms with van der Waals surface area (Å²) in [4.78, 5) is 33.1. The Hall–Kier alpha value is -4.44. The molecular weight excluding hydrogens is 674 g/mol. The molecule has 0 saturated carbocycles. The summed E-state index contributed by atoms with van der Waals surface area (Å²) in [6.45, 7) is 2.18. The van der Waals surface area contributed by atoms with Gasteiger partial charge in [-0.2, -0.15) is 0 Å². The molecule has 1 N–H and O–H groups in total. The number of allylic oxidation sites excluding steroid dienone is 1. The largest absolute Gasteiger partial charge is 0.497 e. The van der Waals surface area contributed by atoms with Crippen LogP contribution >= 0.6 is 38.9 Å². The summed E-state index contributed by atoms with van der Waals surface area (Å²) in [5.41, 5.74) is 3.86. The lowest BCUT2D eigenvalue weighted by atomic mass is 9.95. The predicted molar refractivity (Wildman–Crippen MR) is 182 cm³/mol. The molecule has 0 radical (unpaired) electrons. The topological polar surface area (TPSA) is 81.9 Å². The number of benzene rings is 4. The van der Waals surface area contributed by atoms with E-state index < -0.39 is 6.04 Å². The third-order valence-electron chi connectivity index (χ3n) is 7.27. The summed E-state index contributed by atoms with van der Waals surface area (Å²) < 4.78 is 14.3. The van der Waals surface area contributed by atoms with Gasteiger partial charge in [0.1, 0.15) is 18.1 Å². The highest BCUT2D eigenvalue weighted by Crippen LogP contribution is 2.32. The van der Waals surface area contributed by atoms with Crippen molar-refractivity contribution in [2.45, 2.75) is 19.6 Å².